The van der Waals surface area contributed by atoms with E-state index >= 15 is 0 Å². The number of hydrogen-bond acceptors (Lipinski definition) is 10. The quantitative estimate of drug-likeness (QED) is 0.340. The summed E-state index contributed by atoms with van der Waals surface area (Å²) in [6.07, 6.45) is -3.08. The first-order valence-corrected chi connectivity index (χ1v) is 12.8. The first-order chi connectivity index (χ1) is 18.0. The Morgan fingerprint density at radius 3 is 1.95 bits per heavy atom. The van der Waals surface area contributed by atoms with Crippen molar-refractivity contribution in [3.8, 4) is 5.75 Å². The van der Waals surface area contributed by atoms with Crippen molar-refractivity contribution in [3.63, 3.8) is 0 Å². The van der Waals surface area contributed by atoms with Gasteiger partial charge in [0, 0.05) is 34.1 Å². The molecule has 0 aliphatic carbocycles. The van der Waals surface area contributed by atoms with Crippen LogP contribution in [0.2, 0.25) is 0 Å². The summed E-state index contributed by atoms with van der Waals surface area (Å²) in [7, 11) is 0. The van der Waals surface area contributed by atoms with Crippen LogP contribution in [0.1, 0.15) is 38.8 Å². The van der Waals surface area contributed by atoms with E-state index in [1.54, 1.807) is 24.3 Å². The molecule has 38 heavy (non-hydrogen) atoms. The number of benzene rings is 2. The average molecular weight is 549 g/mol. The van der Waals surface area contributed by atoms with Gasteiger partial charge >= 0.3 is 23.9 Å². The summed E-state index contributed by atoms with van der Waals surface area (Å²) in [4.78, 5) is 47.6. The zero-order valence-electron chi connectivity index (χ0n) is 21.4. The van der Waals surface area contributed by atoms with Gasteiger partial charge in [-0.15, -0.1) is 11.8 Å². The van der Waals surface area contributed by atoms with Crippen molar-refractivity contribution in [2.45, 2.75) is 63.1 Å². The van der Waals surface area contributed by atoms with Gasteiger partial charge in [-0.1, -0.05) is 30.3 Å². The van der Waals surface area contributed by atoms with Crippen LogP contribution in [0, 0.1) is 5.82 Å². The van der Waals surface area contributed by atoms with Gasteiger partial charge in [0.05, 0.1) is 5.25 Å². The zero-order valence-corrected chi connectivity index (χ0v) is 22.2. The monoisotopic (exact) mass is 548 g/mol. The molecule has 1 fully saturated rings. The molecule has 0 bridgehead atoms. The summed E-state index contributed by atoms with van der Waals surface area (Å²) in [5.41, 5.74) is 0.671. The molecule has 0 N–H and O–H groups in total. The average Bonchev–Trinajstić information content (AvgIpc) is 2.83. The first-order valence-electron chi connectivity index (χ1n) is 11.8. The number of carbonyl (C=O) groups is 4. The van der Waals surface area contributed by atoms with Gasteiger partial charge in [0.15, 0.2) is 23.7 Å². The molecule has 1 aliphatic heterocycles. The predicted octanol–water partition coefficient (Wildman–Crippen LogP) is 3.60. The lowest BCUT2D eigenvalue weighted by Crippen LogP contribution is -2.59. The number of esters is 4. The summed E-state index contributed by atoms with van der Waals surface area (Å²) >= 11 is 1.12. The molecule has 204 valence electrons. The van der Waals surface area contributed by atoms with E-state index in [0.29, 0.717) is 12.2 Å². The summed E-state index contributed by atoms with van der Waals surface area (Å²) < 4.78 is 41.4. The third-order valence-corrected chi connectivity index (χ3v) is 6.86. The standard InChI is InChI=1S/C27H29FO9S/c1-15(29)33-14-23-24(34-16(2)30)25(35-17(3)31)26(36-18(4)32)27(38-23)37-22-8-6-5-7-20(22)13-19-9-11-21(28)12-10-19/h5-12,23-27H,13-14H2,1-4H3/t23-,24-,25+,26-,27-/m1/s1. The van der Waals surface area contributed by atoms with E-state index in [1.807, 2.05) is 12.1 Å². The molecule has 1 saturated heterocycles. The summed E-state index contributed by atoms with van der Waals surface area (Å²) in [6, 6.07) is 13.2. The number of carbonyl (C=O) groups excluding carboxylic acids is 4. The Bertz CT molecular complexity index is 1150. The maximum absolute atomic E-state index is 13.4. The number of para-hydroxylation sites is 1. The number of thioether (sulfide) groups is 1. The van der Waals surface area contributed by atoms with Crippen LogP contribution in [0.3, 0.4) is 0 Å². The van der Waals surface area contributed by atoms with Crippen LogP contribution in [0.5, 0.6) is 5.75 Å². The van der Waals surface area contributed by atoms with Gasteiger partial charge in [-0.2, -0.15) is 0 Å². The van der Waals surface area contributed by atoms with Crippen molar-refractivity contribution in [2.24, 2.45) is 0 Å². The maximum Gasteiger partial charge on any atom is 0.303 e. The van der Waals surface area contributed by atoms with Crippen molar-refractivity contribution in [3.05, 3.63) is 65.5 Å². The highest BCUT2D eigenvalue weighted by molar-refractivity contribution is 8.00. The van der Waals surface area contributed by atoms with Crippen molar-refractivity contribution in [1.82, 2.24) is 0 Å². The highest BCUT2D eigenvalue weighted by Gasteiger charge is 2.53. The molecular weight excluding hydrogens is 519 g/mol. The number of ether oxygens (including phenoxy) is 5. The third-order valence-electron chi connectivity index (χ3n) is 5.47. The van der Waals surface area contributed by atoms with Crippen molar-refractivity contribution < 1.29 is 47.3 Å². The second-order valence-electron chi connectivity index (χ2n) is 8.60. The largest absolute Gasteiger partial charge is 0.475 e. The predicted molar refractivity (Wildman–Crippen MR) is 135 cm³/mol. The fourth-order valence-electron chi connectivity index (χ4n) is 4.00. The second kappa shape index (κ2) is 13.3. The third kappa shape index (κ3) is 8.20. The molecule has 0 aromatic heterocycles. The summed E-state index contributed by atoms with van der Waals surface area (Å²) in [5, 5.41) is -0.715. The lowest BCUT2D eigenvalue weighted by atomic mass is 10.0. The Morgan fingerprint density at radius 1 is 0.763 bits per heavy atom. The fraction of sp³-hybridized carbons (Fsp3) is 0.407. The van der Waals surface area contributed by atoms with Crippen molar-refractivity contribution in [2.75, 3.05) is 6.61 Å². The lowest BCUT2D eigenvalue weighted by molar-refractivity contribution is -0.190. The van der Waals surface area contributed by atoms with E-state index in [2.05, 4.69) is 0 Å². The first kappa shape index (κ1) is 29.0. The summed E-state index contributed by atoms with van der Waals surface area (Å²) in [5.74, 6) is -2.48. The Morgan fingerprint density at radius 2 is 1.34 bits per heavy atom. The van der Waals surface area contributed by atoms with Gasteiger partial charge in [0.2, 0.25) is 0 Å². The van der Waals surface area contributed by atoms with Gasteiger partial charge < -0.3 is 23.7 Å². The highest BCUT2D eigenvalue weighted by atomic mass is 32.2. The molecule has 9 nitrogen and oxygen atoms in total. The molecule has 1 heterocycles. The van der Waals surface area contributed by atoms with Gasteiger partial charge in [0.1, 0.15) is 18.2 Å². The Kier molecular flexibility index (Phi) is 10.1. The van der Waals surface area contributed by atoms with E-state index in [0.717, 1.165) is 22.9 Å². The Balaban J connectivity index is 1.98. The number of rotatable bonds is 9. The van der Waals surface area contributed by atoms with Crippen LogP contribution < -0.4 is 4.74 Å². The molecule has 0 saturated carbocycles. The van der Waals surface area contributed by atoms with E-state index in [-0.39, 0.29) is 12.4 Å². The number of halogens is 1. The lowest BCUT2D eigenvalue weighted by Gasteiger charge is -2.43. The van der Waals surface area contributed by atoms with Gasteiger partial charge in [-0.3, -0.25) is 19.2 Å². The van der Waals surface area contributed by atoms with Gasteiger partial charge in [-0.25, -0.2) is 4.39 Å². The van der Waals surface area contributed by atoms with Crippen LogP contribution in [-0.2, 0) is 44.5 Å². The molecule has 5 atom stereocenters. The molecular formula is C27H29FO9S. The Hall–Kier alpha value is -3.60. The molecule has 0 radical (unpaired) electrons. The van der Waals surface area contributed by atoms with Crippen molar-refractivity contribution in [1.29, 1.82) is 0 Å². The van der Waals surface area contributed by atoms with Gasteiger partial charge in [-0.05, 0) is 29.3 Å². The molecule has 0 unspecified atom stereocenters. The molecule has 11 heteroatoms. The maximum atomic E-state index is 13.4. The van der Waals surface area contributed by atoms with Crippen molar-refractivity contribution >= 4 is 35.6 Å². The number of hydrogen-bond donors (Lipinski definition) is 0. The molecule has 1 aliphatic rings. The van der Waals surface area contributed by atoms with E-state index in [9.17, 15) is 23.6 Å². The zero-order chi connectivity index (χ0) is 27.8. The van der Waals surface area contributed by atoms with Crippen LogP contribution >= 0.6 is 11.8 Å². The van der Waals surface area contributed by atoms with E-state index in [4.69, 9.17) is 23.7 Å². The minimum atomic E-state index is -1.24. The van der Waals surface area contributed by atoms with Crippen LogP contribution in [0.15, 0.2) is 48.5 Å². The van der Waals surface area contributed by atoms with E-state index < -0.39 is 52.9 Å². The van der Waals surface area contributed by atoms with Crippen LogP contribution in [0.25, 0.3) is 0 Å². The summed E-state index contributed by atoms with van der Waals surface area (Å²) in [6.45, 7) is 4.61. The molecule has 0 spiro atoms. The molecule has 2 aromatic carbocycles. The van der Waals surface area contributed by atoms with E-state index in [1.165, 1.54) is 39.8 Å². The highest BCUT2D eigenvalue weighted by Crippen LogP contribution is 2.40. The molecule has 3 rings (SSSR count). The SMILES string of the molecule is CC(=O)OC[C@H]1S[C@@H](Oc2ccccc2Cc2ccc(F)cc2)[C@H](OC(C)=O)[C@@H](OC(C)=O)[C@@H]1OC(C)=O. The molecule has 2 aromatic rings. The normalized spacial score (nSPS) is 22.6. The minimum absolute atomic E-state index is 0.181. The smallest absolute Gasteiger partial charge is 0.303 e. The molecule has 0 amide bonds. The second-order valence-corrected chi connectivity index (χ2v) is 9.94. The minimum Gasteiger partial charge on any atom is -0.475 e. The van der Waals surface area contributed by atoms with Crippen LogP contribution in [0.4, 0.5) is 4.39 Å². The topological polar surface area (TPSA) is 114 Å². The van der Waals surface area contributed by atoms with Crippen LogP contribution in [-0.4, -0.2) is 59.5 Å². The Labute approximate surface area is 223 Å². The van der Waals surface area contributed by atoms with Gasteiger partial charge in [0.25, 0.3) is 0 Å². The fourth-order valence-corrected chi connectivity index (χ4v) is 5.38.